The maximum Gasteiger partial charge on any atom is 0.416 e. The van der Waals surface area contributed by atoms with Crippen molar-refractivity contribution in [3.05, 3.63) is 53.7 Å². The molecule has 0 radical (unpaired) electrons. The first kappa shape index (κ1) is 13.9. The molecule has 7 heteroatoms. The van der Waals surface area contributed by atoms with Crippen LogP contribution in [-0.2, 0) is 6.18 Å². The molecule has 4 nitrogen and oxygen atoms in total. The summed E-state index contributed by atoms with van der Waals surface area (Å²) in [6, 6.07) is 6.99. The van der Waals surface area contributed by atoms with E-state index in [0.717, 1.165) is 24.3 Å². The van der Waals surface area contributed by atoms with Crippen molar-refractivity contribution in [2.45, 2.75) is 6.18 Å². The quantitative estimate of drug-likeness (QED) is 0.889. The number of nitrogens with two attached hydrogens (primary N) is 1. The van der Waals surface area contributed by atoms with Crippen LogP contribution in [0.2, 0.25) is 0 Å². The van der Waals surface area contributed by atoms with E-state index in [2.05, 4.69) is 10.3 Å². The van der Waals surface area contributed by atoms with Gasteiger partial charge in [-0.1, -0.05) is 0 Å². The van der Waals surface area contributed by atoms with Crippen molar-refractivity contribution < 1.29 is 18.0 Å². The van der Waals surface area contributed by atoms with E-state index in [1.54, 1.807) is 6.07 Å². The van der Waals surface area contributed by atoms with Gasteiger partial charge >= 0.3 is 6.18 Å². The SMILES string of the molecule is Nc1ccc(NC(=O)c2ccc(C(F)(F)F)cc2)cn1. The predicted molar refractivity (Wildman–Crippen MR) is 68.0 cm³/mol. The van der Waals surface area contributed by atoms with Gasteiger partial charge in [-0.3, -0.25) is 4.79 Å². The summed E-state index contributed by atoms with van der Waals surface area (Å²) in [5.74, 6) is -0.220. The van der Waals surface area contributed by atoms with Crippen molar-refractivity contribution in [1.29, 1.82) is 0 Å². The lowest BCUT2D eigenvalue weighted by Gasteiger charge is -2.08. The van der Waals surface area contributed by atoms with Crippen molar-refractivity contribution in [2.75, 3.05) is 11.1 Å². The van der Waals surface area contributed by atoms with E-state index in [9.17, 15) is 18.0 Å². The number of carbonyl (C=O) groups excluding carboxylic acids is 1. The van der Waals surface area contributed by atoms with E-state index in [-0.39, 0.29) is 5.56 Å². The minimum absolute atomic E-state index is 0.120. The first-order chi connectivity index (χ1) is 9.36. The van der Waals surface area contributed by atoms with Gasteiger partial charge in [-0.05, 0) is 36.4 Å². The average Bonchev–Trinajstić information content (AvgIpc) is 2.40. The maximum absolute atomic E-state index is 12.4. The number of benzene rings is 1. The molecular formula is C13H10F3N3O. The maximum atomic E-state index is 12.4. The number of hydrogen-bond acceptors (Lipinski definition) is 3. The fourth-order valence-corrected chi connectivity index (χ4v) is 1.49. The molecule has 3 N–H and O–H groups in total. The van der Waals surface area contributed by atoms with Gasteiger partial charge in [0.25, 0.3) is 5.91 Å². The number of nitrogens with zero attached hydrogens (tertiary/aromatic N) is 1. The number of aromatic nitrogens is 1. The summed E-state index contributed by atoms with van der Waals surface area (Å²) < 4.78 is 37.2. The fourth-order valence-electron chi connectivity index (χ4n) is 1.49. The van der Waals surface area contributed by atoms with Gasteiger partial charge < -0.3 is 11.1 Å². The average molecular weight is 281 g/mol. The number of hydrogen-bond donors (Lipinski definition) is 2. The minimum Gasteiger partial charge on any atom is -0.384 e. The molecule has 0 aliphatic rings. The second kappa shape index (κ2) is 5.20. The molecule has 2 aromatic rings. The van der Waals surface area contributed by atoms with Crippen LogP contribution in [0.25, 0.3) is 0 Å². The number of alkyl halides is 3. The van der Waals surface area contributed by atoms with Gasteiger partial charge in [-0.15, -0.1) is 0 Å². The number of rotatable bonds is 2. The lowest BCUT2D eigenvalue weighted by atomic mass is 10.1. The molecule has 0 atom stereocenters. The molecule has 0 fully saturated rings. The van der Waals surface area contributed by atoms with Crippen LogP contribution in [0.3, 0.4) is 0 Å². The van der Waals surface area contributed by atoms with Crippen molar-refractivity contribution >= 4 is 17.4 Å². The first-order valence-corrected chi connectivity index (χ1v) is 5.56. The number of anilines is 2. The highest BCUT2D eigenvalue weighted by molar-refractivity contribution is 6.04. The third kappa shape index (κ3) is 3.25. The standard InChI is InChI=1S/C13H10F3N3O/c14-13(15,16)9-3-1-8(2-4-9)12(20)19-10-5-6-11(17)18-7-10/h1-7H,(H2,17,18)(H,19,20). The molecule has 1 amide bonds. The van der Waals surface area contributed by atoms with E-state index < -0.39 is 17.6 Å². The smallest absolute Gasteiger partial charge is 0.384 e. The molecule has 0 aliphatic carbocycles. The Hall–Kier alpha value is -2.57. The number of amides is 1. The van der Waals surface area contributed by atoms with Gasteiger partial charge in [0.2, 0.25) is 0 Å². The molecule has 104 valence electrons. The zero-order valence-corrected chi connectivity index (χ0v) is 10.1. The van der Waals surface area contributed by atoms with Crippen LogP contribution in [0.15, 0.2) is 42.6 Å². The lowest BCUT2D eigenvalue weighted by Crippen LogP contribution is -2.13. The van der Waals surface area contributed by atoms with E-state index >= 15 is 0 Å². The molecule has 0 saturated carbocycles. The molecule has 0 spiro atoms. The normalized spacial score (nSPS) is 11.2. The Morgan fingerprint density at radius 1 is 1.10 bits per heavy atom. The Morgan fingerprint density at radius 2 is 1.75 bits per heavy atom. The highest BCUT2D eigenvalue weighted by Crippen LogP contribution is 2.29. The van der Waals surface area contributed by atoms with Gasteiger partial charge in [-0.2, -0.15) is 13.2 Å². The molecule has 20 heavy (non-hydrogen) atoms. The summed E-state index contributed by atoms with van der Waals surface area (Å²) in [7, 11) is 0. The zero-order valence-electron chi connectivity index (χ0n) is 10.1. The van der Waals surface area contributed by atoms with E-state index in [4.69, 9.17) is 5.73 Å². The van der Waals surface area contributed by atoms with E-state index in [0.29, 0.717) is 11.5 Å². The molecule has 1 aromatic heterocycles. The second-order valence-corrected chi connectivity index (χ2v) is 4.00. The van der Waals surface area contributed by atoms with Crippen LogP contribution in [0.4, 0.5) is 24.7 Å². The Kier molecular flexibility index (Phi) is 3.60. The van der Waals surface area contributed by atoms with Gasteiger partial charge in [-0.25, -0.2) is 4.98 Å². The molecule has 0 unspecified atom stereocenters. The number of halogens is 3. The molecule has 0 bridgehead atoms. The van der Waals surface area contributed by atoms with E-state index in [1.807, 2.05) is 0 Å². The number of nitrogens with one attached hydrogen (secondary N) is 1. The highest BCUT2D eigenvalue weighted by atomic mass is 19.4. The number of nitrogen functional groups attached to an aromatic ring is 1. The largest absolute Gasteiger partial charge is 0.416 e. The summed E-state index contributed by atoms with van der Waals surface area (Å²) in [4.78, 5) is 15.6. The van der Waals surface area contributed by atoms with E-state index in [1.165, 1.54) is 12.3 Å². The van der Waals surface area contributed by atoms with Gasteiger partial charge in [0.15, 0.2) is 0 Å². The van der Waals surface area contributed by atoms with Crippen molar-refractivity contribution in [1.82, 2.24) is 4.98 Å². The van der Waals surface area contributed by atoms with Gasteiger partial charge in [0, 0.05) is 5.56 Å². The number of pyridine rings is 1. The number of carbonyl (C=O) groups is 1. The molecule has 0 aliphatic heterocycles. The van der Waals surface area contributed by atoms with Crippen LogP contribution in [0, 0.1) is 0 Å². The highest BCUT2D eigenvalue weighted by Gasteiger charge is 2.30. The predicted octanol–water partition coefficient (Wildman–Crippen LogP) is 2.93. The van der Waals surface area contributed by atoms with Gasteiger partial charge in [0.05, 0.1) is 17.4 Å². The van der Waals surface area contributed by atoms with Crippen molar-refractivity contribution in [2.24, 2.45) is 0 Å². The summed E-state index contributed by atoms with van der Waals surface area (Å²) >= 11 is 0. The van der Waals surface area contributed by atoms with Crippen molar-refractivity contribution in [3.63, 3.8) is 0 Å². The molecule has 1 aromatic carbocycles. The van der Waals surface area contributed by atoms with Crippen molar-refractivity contribution in [3.8, 4) is 0 Å². The minimum atomic E-state index is -4.42. The molecular weight excluding hydrogens is 271 g/mol. The van der Waals surface area contributed by atoms with Crippen LogP contribution >= 0.6 is 0 Å². The van der Waals surface area contributed by atoms with Crippen LogP contribution in [0.5, 0.6) is 0 Å². The van der Waals surface area contributed by atoms with Crippen LogP contribution in [-0.4, -0.2) is 10.9 Å². The molecule has 2 rings (SSSR count). The summed E-state index contributed by atoms with van der Waals surface area (Å²) in [6.45, 7) is 0. The lowest BCUT2D eigenvalue weighted by molar-refractivity contribution is -0.137. The summed E-state index contributed by atoms with van der Waals surface area (Å²) in [5.41, 5.74) is 5.12. The second-order valence-electron chi connectivity index (χ2n) is 4.00. The van der Waals surface area contributed by atoms with Crippen LogP contribution in [0.1, 0.15) is 15.9 Å². The topological polar surface area (TPSA) is 68.0 Å². The molecule has 1 heterocycles. The Labute approximate surface area is 112 Å². The Morgan fingerprint density at radius 3 is 2.25 bits per heavy atom. The molecule has 0 saturated heterocycles. The Balaban J connectivity index is 2.11. The monoisotopic (exact) mass is 281 g/mol. The first-order valence-electron chi connectivity index (χ1n) is 5.56. The third-order valence-corrected chi connectivity index (χ3v) is 2.52. The zero-order chi connectivity index (χ0) is 14.8. The summed E-state index contributed by atoms with van der Waals surface area (Å²) in [5, 5.41) is 2.51. The third-order valence-electron chi connectivity index (χ3n) is 2.52. The Bertz CT molecular complexity index is 606. The fraction of sp³-hybridized carbons (Fsp3) is 0.0769. The van der Waals surface area contributed by atoms with Gasteiger partial charge in [0.1, 0.15) is 5.82 Å². The summed E-state index contributed by atoms with van der Waals surface area (Å²) in [6.07, 6.45) is -3.06. The van der Waals surface area contributed by atoms with Crippen LogP contribution < -0.4 is 11.1 Å².